The number of thioether (sulfide) groups is 1. The molecule has 22 heavy (non-hydrogen) atoms. The molecule has 0 saturated heterocycles. The maximum absolute atomic E-state index is 12.0. The highest BCUT2D eigenvalue weighted by atomic mass is 32.2. The van der Waals surface area contributed by atoms with E-state index in [0.29, 0.717) is 16.4 Å². The van der Waals surface area contributed by atoms with E-state index in [1.54, 1.807) is 31.3 Å². The van der Waals surface area contributed by atoms with Crippen molar-refractivity contribution in [3.05, 3.63) is 35.7 Å². The number of aryl methyl sites for hydroxylation is 1. The van der Waals surface area contributed by atoms with Crippen LogP contribution in [-0.2, 0) is 11.8 Å². The molecule has 0 bridgehead atoms. The van der Waals surface area contributed by atoms with Crippen LogP contribution in [0.15, 0.2) is 29.4 Å². The second-order valence-electron chi connectivity index (χ2n) is 4.59. The van der Waals surface area contributed by atoms with Crippen molar-refractivity contribution in [3.8, 4) is 0 Å². The summed E-state index contributed by atoms with van der Waals surface area (Å²) in [6, 6.07) is 6.78. The number of hydrogen-bond donors (Lipinski definition) is 2. The van der Waals surface area contributed by atoms with Crippen LogP contribution < -0.4 is 10.6 Å². The van der Waals surface area contributed by atoms with E-state index in [-0.39, 0.29) is 17.6 Å². The van der Waals surface area contributed by atoms with Crippen molar-refractivity contribution >= 4 is 29.3 Å². The number of carbonyl (C=O) groups is 2. The minimum atomic E-state index is -0.194. The van der Waals surface area contributed by atoms with Crippen LogP contribution in [0.5, 0.6) is 0 Å². The van der Waals surface area contributed by atoms with Gasteiger partial charge in [0.2, 0.25) is 5.91 Å². The van der Waals surface area contributed by atoms with E-state index >= 15 is 0 Å². The Bertz CT molecular complexity index is 698. The van der Waals surface area contributed by atoms with Crippen LogP contribution in [0.25, 0.3) is 0 Å². The zero-order valence-corrected chi connectivity index (χ0v) is 13.4. The van der Waals surface area contributed by atoms with Crippen molar-refractivity contribution in [2.75, 3.05) is 18.1 Å². The summed E-state index contributed by atoms with van der Waals surface area (Å²) in [7, 11) is 3.41. The molecule has 0 aliphatic heterocycles. The van der Waals surface area contributed by atoms with Gasteiger partial charge in [-0.3, -0.25) is 9.59 Å². The number of benzene rings is 1. The third-order valence-corrected chi connectivity index (χ3v) is 4.04. The SMILES string of the molecule is CNC(=O)c1cccc(NC(=O)CSc2nnc(C)n2C)c1. The number of anilines is 1. The van der Waals surface area contributed by atoms with Gasteiger partial charge in [0.15, 0.2) is 5.16 Å². The van der Waals surface area contributed by atoms with Gasteiger partial charge in [0.05, 0.1) is 5.75 Å². The van der Waals surface area contributed by atoms with E-state index in [9.17, 15) is 9.59 Å². The Morgan fingerprint density at radius 2 is 2.09 bits per heavy atom. The first kappa shape index (κ1) is 16.0. The highest BCUT2D eigenvalue weighted by Gasteiger charge is 2.10. The summed E-state index contributed by atoms with van der Waals surface area (Å²) in [5.41, 5.74) is 1.08. The van der Waals surface area contributed by atoms with Crippen LogP contribution in [0.4, 0.5) is 5.69 Å². The van der Waals surface area contributed by atoms with Gasteiger partial charge in [-0.25, -0.2) is 0 Å². The number of aromatic nitrogens is 3. The van der Waals surface area contributed by atoms with E-state index < -0.39 is 0 Å². The molecule has 116 valence electrons. The number of nitrogens with zero attached hydrogens (tertiary/aromatic N) is 3. The Kier molecular flexibility index (Phi) is 5.16. The van der Waals surface area contributed by atoms with Crippen LogP contribution >= 0.6 is 11.8 Å². The molecule has 0 spiro atoms. The average Bonchev–Trinajstić information content (AvgIpc) is 2.84. The van der Waals surface area contributed by atoms with Crippen LogP contribution in [0.3, 0.4) is 0 Å². The average molecular weight is 319 g/mol. The number of carbonyl (C=O) groups excluding carboxylic acids is 2. The van der Waals surface area contributed by atoms with Gasteiger partial charge in [0, 0.05) is 25.3 Å². The topological polar surface area (TPSA) is 88.9 Å². The molecule has 0 radical (unpaired) electrons. The molecule has 2 aromatic rings. The van der Waals surface area contributed by atoms with Gasteiger partial charge in [-0.15, -0.1) is 10.2 Å². The first-order chi connectivity index (χ1) is 10.5. The molecule has 1 aromatic heterocycles. The fourth-order valence-corrected chi connectivity index (χ4v) is 2.48. The van der Waals surface area contributed by atoms with E-state index in [1.165, 1.54) is 11.8 Å². The predicted octanol–water partition coefficient (Wildman–Crippen LogP) is 1.21. The van der Waals surface area contributed by atoms with Gasteiger partial charge in [0.1, 0.15) is 5.82 Å². The molecule has 1 heterocycles. The predicted molar refractivity (Wildman–Crippen MR) is 84.9 cm³/mol. The molecule has 7 nitrogen and oxygen atoms in total. The lowest BCUT2D eigenvalue weighted by molar-refractivity contribution is -0.113. The molecule has 2 N–H and O–H groups in total. The standard InChI is InChI=1S/C14H17N5O2S/c1-9-17-18-14(19(9)3)22-8-12(20)16-11-6-4-5-10(7-11)13(21)15-2/h4-7H,8H2,1-3H3,(H,15,21)(H,16,20). The Labute approximate surface area is 132 Å². The van der Waals surface area contributed by atoms with Crippen molar-refractivity contribution < 1.29 is 9.59 Å². The summed E-state index contributed by atoms with van der Waals surface area (Å²) < 4.78 is 1.82. The van der Waals surface area contributed by atoms with Gasteiger partial charge < -0.3 is 15.2 Å². The molecule has 2 rings (SSSR count). The minimum absolute atomic E-state index is 0.167. The Morgan fingerprint density at radius 3 is 2.73 bits per heavy atom. The Balaban J connectivity index is 1.95. The zero-order chi connectivity index (χ0) is 16.1. The number of rotatable bonds is 5. The lowest BCUT2D eigenvalue weighted by Gasteiger charge is -2.07. The smallest absolute Gasteiger partial charge is 0.251 e. The molecular weight excluding hydrogens is 302 g/mol. The zero-order valence-electron chi connectivity index (χ0n) is 12.6. The van der Waals surface area contributed by atoms with Gasteiger partial charge in [-0.1, -0.05) is 17.8 Å². The van der Waals surface area contributed by atoms with E-state index in [1.807, 2.05) is 18.5 Å². The monoisotopic (exact) mass is 319 g/mol. The summed E-state index contributed by atoms with van der Waals surface area (Å²) in [4.78, 5) is 23.5. The van der Waals surface area contributed by atoms with Crippen molar-refractivity contribution in [2.24, 2.45) is 7.05 Å². The molecule has 1 aromatic carbocycles. The summed E-state index contributed by atoms with van der Waals surface area (Å²) >= 11 is 1.31. The molecule has 0 aliphatic rings. The Morgan fingerprint density at radius 1 is 1.32 bits per heavy atom. The molecule has 0 atom stereocenters. The van der Waals surface area contributed by atoms with Gasteiger partial charge >= 0.3 is 0 Å². The molecular formula is C14H17N5O2S. The third kappa shape index (κ3) is 3.85. The molecule has 0 aliphatic carbocycles. The fraction of sp³-hybridized carbons (Fsp3) is 0.286. The lowest BCUT2D eigenvalue weighted by atomic mass is 10.2. The van der Waals surface area contributed by atoms with Crippen molar-refractivity contribution in [2.45, 2.75) is 12.1 Å². The normalized spacial score (nSPS) is 10.3. The highest BCUT2D eigenvalue weighted by Crippen LogP contribution is 2.16. The maximum Gasteiger partial charge on any atom is 0.251 e. The quantitative estimate of drug-likeness (QED) is 0.809. The molecule has 8 heteroatoms. The van der Waals surface area contributed by atoms with Crippen molar-refractivity contribution in [1.82, 2.24) is 20.1 Å². The minimum Gasteiger partial charge on any atom is -0.355 e. The molecule has 0 unspecified atom stereocenters. The number of nitrogens with one attached hydrogen (secondary N) is 2. The summed E-state index contributed by atoms with van der Waals surface area (Å²) in [6.45, 7) is 1.85. The molecule has 0 saturated carbocycles. The van der Waals surface area contributed by atoms with Crippen LogP contribution in [-0.4, -0.2) is 39.4 Å². The van der Waals surface area contributed by atoms with E-state index in [2.05, 4.69) is 20.8 Å². The number of amides is 2. The van der Waals surface area contributed by atoms with Gasteiger partial charge in [0.25, 0.3) is 5.91 Å². The molecule has 2 amide bonds. The second-order valence-corrected chi connectivity index (χ2v) is 5.53. The number of hydrogen-bond acceptors (Lipinski definition) is 5. The van der Waals surface area contributed by atoms with Crippen LogP contribution in [0.1, 0.15) is 16.2 Å². The van der Waals surface area contributed by atoms with Gasteiger partial charge in [-0.05, 0) is 25.1 Å². The second kappa shape index (κ2) is 7.08. The molecule has 0 fully saturated rings. The first-order valence-electron chi connectivity index (χ1n) is 6.62. The van der Waals surface area contributed by atoms with Crippen molar-refractivity contribution in [3.63, 3.8) is 0 Å². The third-order valence-electron chi connectivity index (χ3n) is 3.02. The van der Waals surface area contributed by atoms with Crippen LogP contribution in [0.2, 0.25) is 0 Å². The summed E-state index contributed by atoms with van der Waals surface area (Å²) in [5, 5.41) is 13.9. The van der Waals surface area contributed by atoms with Gasteiger partial charge in [-0.2, -0.15) is 0 Å². The fourth-order valence-electron chi connectivity index (χ4n) is 1.72. The lowest BCUT2D eigenvalue weighted by Crippen LogP contribution is -2.19. The maximum atomic E-state index is 12.0. The highest BCUT2D eigenvalue weighted by molar-refractivity contribution is 7.99. The van der Waals surface area contributed by atoms with E-state index in [0.717, 1.165) is 5.82 Å². The van der Waals surface area contributed by atoms with Crippen LogP contribution in [0, 0.1) is 6.92 Å². The van der Waals surface area contributed by atoms with Crippen molar-refractivity contribution in [1.29, 1.82) is 0 Å². The largest absolute Gasteiger partial charge is 0.355 e. The summed E-state index contributed by atoms with van der Waals surface area (Å²) in [5.74, 6) is 0.650. The first-order valence-corrected chi connectivity index (χ1v) is 7.60. The van der Waals surface area contributed by atoms with E-state index in [4.69, 9.17) is 0 Å². The summed E-state index contributed by atoms with van der Waals surface area (Å²) in [6.07, 6.45) is 0. The Hall–Kier alpha value is -2.35.